The molecule has 9 rings (SSSR count). The number of imidazole rings is 1. The number of fused-ring (bicyclic) bond motifs is 15. The second-order valence-corrected chi connectivity index (χ2v) is 9.73. The summed E-state index contributed by atoms with van der Waals surface area (Å²) in [5.41, 5.74) is 15.4. The van der Waals surface area contributed by atoms with Crippen LogP contribution >= 0.6 is 0 Å². The maximum Gasteiger partial charge on any atom is 0.146 e. The van der Waals surface area contributed by atoms with E-state index in [2.05, 4.69) is 75.0 Å². The molecule has 4 heteroatoms. The molecule has 0 N–H and O–H groups in total. The average Bonchev–Trinajstić information content (AvgIpc) is 3.58. The average molecular weight is 447 g/mol. The first-order valence-corrected chi connectivity index (χ1v) is 12.0. The molecule has 162 valence electrons. The molecule has 0 bridgehead atoms. The molecule has 2 aliphatic rings. The van der Waals surface area contributed by atoms with Gasteiger partial charge in [-0.05, 0) is 82.1 Å². The molecule has 0 atom stereocenters. The molecule has 35 heavy (non-hydrogen) atoms. The van der Waals surface area contributed by atoms with E-state index in [0.717, 1.165) is 45.7 Å². The van der Waals surface area contributed by atoms with Gasteiger partial charge in [0.2, 0.25) is 0 Å². The Morgan fingerprint density at radius 3 is 2.40 bits per heavy atom. The number of rotatable bonds is 0. The molecule has 0 radical (unpaired) electrons. The highest BCUT2D eigenvalue weighted by molar-refractivity contribution is 6.14. The summed E-state index contributed by atoms with van der Waals surface area (Å²) in [6, 6.07) is 22.3. The van der Waals surface area contributed by atoms with Crippen molar-refractivity contribution in [1.82, 2.24) is 19.4 Å². The zero-order chi connectivity index (χ0) is 22.7. The molecule has 4 nitrogen and oxygen atoms in total. The van der Waals surface area contributed by atoms with E-state index in [4.69, 9.17) is 4.98 Å². The molecule has 2 aliphatic carbocycles. The maximum absolute atomic E-state index is 5.16. The van der Waals surface area contributed by atoms with Crippen LogP contribution in [0.1, 0.15) is 22.3 Å². The first-order valence-electron chi connectivity index (χ1n) is 12.0. The molecule has 0 aliphatic heterocycles. The standard InChI is InChI=1S/C31H18N4/c1-2-4-21-17(3-1)11-19-14-24-20(13-23(19)21)12-18-5-6-27-30(29(18)24)35-28-8-10-33-16-26(28)25-15-32-9-7-22(25)31(35)34-27/h1-10,13-16H,11-12H2. The minimum atomic E-state index is 0.959. The van der Waals surface area contributed by atoms with Crippen LogP contribution in [0, 0.1) is 0 Å². The molecule has 0 amide bonds. The van der Waals surface area contributed by atoms with E-state index in [9.17, 15) is 0 Å². The summed E-state index contributed by atoms with van der Waals surface area (Å²) in [6.07, 6.45) is 9.57. The van der Waals surface area contributed by atoms with Crippen LogP contribution in [0.5, 0.6) is 0 Å². The highest BCUT2D eigenvalue weighted by Gasteiger charge is 2.28. The van der Waals surface area contributed by atoms with E-state index in [1.165, 1.54) is 50.0 Å². The van der Waals surface area contributed by atoms with E-state index >= 15 is 0 Å². The van der Waals surface area contributed by atoms with Gasteiger partial charge in [0.15, 0.2) is 0 Å². The van der Waals surface area contributed by atoms with Crippen LogP contribution in [-0.2, 0) is 12.8 Å². The number of hydrogen-bond donors (Lipinski definition) is 0. The molecule has 4 aromatic heterocycles. The zero-order valence-electron chi connectivity index (χ0n) is 18.8. The Morgan fingerprint density at radius 2 is 1.43 bits per heavy atom. The molecular formula is C31H18N4. The molecule has 0 unspecified atom stereocenters. The molecule has 7 aromatic rings. The first kappa shape index (κ1) is 17.8. The highest BCUT2D eigenvalue weighted by Crippen LogP contribution is 2.47. The van der Waals surface area contributed by atoms with Crippen molar-refractivity contribution in [3.8, 4) is 22.3 Å². The zero-order valence-corrected chi connectivity index (χ0v) is 18.8. The third-order valence-electron chi connectivity index (χ3n) is 7.96. The highest BCUT2D eigenvalue weighted by atomic mass is 15.0. The molecule has 0 saturated heterocycles. The van der Waals surface area contributed by atoms with Crippen LogP contribution in [0.3, 0.4) is 0 Å². The fourth-order valence-corrected chi connectivity index (χ4v) is 6.48. The van der Waals surface area contributed by atoms with Gasteiger partial charge < -0.3 is 0 Å². The summed E-state index contributed by atoms with van der Waals surface area (Å²) in [4.78, 5) is 14.0. The van der Waals surface area contributed by atoms with Crippen LogP contribution in [0.4, 0.5) is 0 Å². The van der Waals surface area contributed by atoms with E-state index in [1.807, 2.05) is 24.8 Å². The lowest BCUT2D eigenvalue weighted by molar-refractivity contribution is 1.24. The van der Waals surface area contributed by atoms with Crippen molar-refractivity contribution in [2.75, 3.05) is 0 Å². The molecule has 3 aromatic carbocycles. The number of aromatic nitrogens is 4. The van der Waals surface area contributed by atoms with Gasteiger partial charge in [0, 0.05) is 46.5 Å². The predicted molar refractivity (Wildman–Crippen MR) is 140 cm³/mol. The Labute approximate surface area is 200 Å². The Kier molecular flexibility index (Phi) is 3.11. The van der Waals surface area contributed by atoms with Gasteiger partial charge >= 0.3 is 0 Å². The summed E-state index contributed by atoms with van der Waals surface area (Å²) in [6.45, 7) is 0. The van der Waals surface area contributed by atoms with Gasteiger partial charge in [0.1, 0.15) is 5.65 Å². The Hall–Kier alpha value is -4.57. The number of hydrogen-bond acceptors (Lipinski definition) is 3. The van der Waals surface area contributed by atoms with Gasteiger partial charge in [0.05, 0.1) is 16.6 Å². The molecule has 0 saturated carbocycles. The Morgan fingerprint density at radius 1 is 0.629 bits per heavy atom. The van der Waals surface area contributed by atoms with Crippen LogP contribution in [0.25, 0.3) is 60.6 Å². The van der Waals surface area contributed by atoms with Crippen LogP contribution in [-0.4, -0.2) is 19.4 Å². The van der Waals surface area contributed by atoms with E-state index in [1.54, 1.807) is 0 Å². The van der Waals surface area contributed by atoms with Crippen molar-refractivity contribution in [1.29, 1.82) is 0 Å². The monoisotopic (exact) mass is 446 g/mol. The normalized spacial score (nSPS) is 13.5. The minimum absolute atomic E-state index is 0.959. The van der Waals surface area contributed by atoms with Crippen molar-refractivity contribution in [3.63, 3.8) is 0 Å². The lowest BCUT2D eigenvalue weighted by Gasteiger charge is -2.11. The molecular weight excluding hydrogens is 428 g/mol. The van der Waals surface area contributed by atoms with E-state index < -0.39 is 0 Å². The molecule has 4 heterocycles. The molecule has 0 fully saturated rings. The van der Waals surface area contributed by atoms with Gasteiger partial charge in [-0.1, -0.05) is 30.3 Å². The van der Waals surface area contributed by atoms with Gasteiger partial charge in [-0.3, -0.25) is 14.4 Å². The summed E-state index contributed by atoms with van der Waals surface area (Å²) in [7, 11) is 0. The van der Waals surface area contributed by atoms with Crippen LogP contribution in [0.15, 0.2) is 85.5 Å². The lowest BCUT2D eigenvalue weighted by Crippen LogP contribution is -1.94. The van der Waals surface area contributed by atoms with Crippen molar-refractivity contribution in [2.45, 2.75) is 12.8 Å². The van der Waals surface area contributed by atoms with Gasteiger partial charge in [0.25, 0.3) is 0 Å². The Balaban J connectivity index is 1.43. The third kappa shape index (κ3) is 2.15. The second-order valence-electron chi connectivity index (χ2n) is 9.73. The lowest BCUT2D eigenvalue weighted by atomic mass is 9.97. The summed E-state index contributed by atoms with van der Waals surface area (Å²) in [5.74, 6) is 0. The number of nitrogens with zero attached hydrogens (tertiary/aromatic N) is 4. The van der Waals surface area contributed by atoms with Crippen LogP contribution < -0.4 is 0 Å². The van der Waals surface area contributed by atoms with E-state index in [0.29, 0.717) is 0 Å². The second kappa shape index (κ2) is 6.10. The quantitative estimate of drug-likeness (QED) is 0.243. The minimum Gasteiger partial charge on any atom is -0.291 e. The molecule has 0 spiro atoms. The van der Waals surface area contributed by atoms with Crippen LogP contribution in [0.2, 0.25) is 0 Å². The number of benzene rings is 3. The van der Waals surface area contributed by atoms with Gasteiger partial charge in [-0.25, -0.2) is 4.98 Å². The fourth-order valence-electron chi connectivity index (χ4n) is 6.48. The fraction of sp³-hybridized carbons (Fsp3) is 0.0645. The predicted octanol–water partition coefficient (Wildman–Crippen LogP) is 6.73. The smallest absolute Gasteiger partial charge is 0.146 e. The van der Waals surface area contributed by atoms with E-state index in [-0.39, 0.29) is 0 Å². The SMILES string of the molecule is c1ccc2c(c1)Cc1cc3c(cc1-2)Cc1ccc2nc4c5ccncc5c5cnccc5n4c2c1-3. The van der Waals surface area contributed by atoms with Crippen molar-refractivity contribution < 1.29 is 0 Å². The topological polar surface area (TPSA) is 43.1 Å². The third-order valence-corrected chi connectivity index (χ3v) is 7.96. The van der Waals surface area contributed by atoms with Gasteiger partial charge in [-0.15, -0.1) is 0 Å². The summed E-state index contributed by atoms with van der Waals surface area (Å²) in [5, 5.41) is 3.29. The first-order chi connectivity index (χ1) is 17.3. The maximum atomic E-state index is 5.16. The van der Waals surface area contributed by atoms with Crippen molar-refractivity contribution in [2.24, 2.45) is 0 Å². The largest absolute Gasteiger partial charge is 0.291 e. The Bertz CT molecular complexity index is 2070. The number of pyridine rings is 3. The summed E-state index contributed by atoms with van der Waals surface area (Å²) < 4.78 is 2.35. The summed E-state index contributed by atoms with van der Waals surface area (Å²) >= 11 is 0. The van der Waals surface area contributed by atoms with Crippen molar-refractivity contribution in [3.05, 3.63) is 108 Å². The van der Waals surface area contributed by atoms with Gasteiger partial charge in [-0.2, -0.15) is 0 Å². The van der Waals surface area contributed by atoms with Crippen molar-refractivity contribution >= 4 is 38.4 Å².